The standard InChI is InChI=1S/C15H22O4/c1-3-7-12-13(16)8-5-9-14(12)19-11-6-10-15(17)18-4-2/h5,8-9,16H,3-4,6-7,10-11H2,1-2H3. The molecular formula is C15H22O4. The van der Waals surface area contributed by atoms with Crippen molar-refractivity contribution >= 4 is 5.97 Å². The van der Waals surface area contributed by atoms with Gasteiger partial charge in [-0.1, -0.05) is 19.4 Å². The van der Waals surface area contributed by atoms with Crippen LogP contribution in [-0.2, 0) is 16.0 Å². The van der Waals surface area contributed by atoms with Crippen LogP contribution in [0.2, 0.25) is 0 Å². The van der Waals surface area contributed by atoms with E-state index >= 15 is 0 Å². The maximum Gasteiger partial charge on any atom is 0.305 e. The zero-order valence-electron chi connectivity index (χ0n) is 11.6. The van der Waals surface area contributed by atoms with E-state index in [-0.39, 0.29) is 11.7 Å². The van der Waals surface area contributed by atoms with Crippen molar-refractivity contribution in [2.24, 2.45) is 0 Å². The highest BCUT2D eigenvalue weighted by molar-refractivity contribution is 5.69. The van der Waals surface area contributed by atoms with Gasteiger partial charge in [-0.05, 0) is 31.9 Å². The normalized spacial score (nSPS) is 10.2. The van der Waals surface area contributed by atoms with Gasteiger partial charge < -0.3 is 14.6 Å². The Morgan fingerprint density at radius 2 is 2.11 bits per heavy atom. The Morgan fingerprint density at radius 3 is 2.79 bits per heavy atom. The van der Waals surface area contributed by atoms with Crippen LogP contribution in [-0.4, -0.2) is 24.3 Å². The summed E-state index contributed by atoms with van der Waals surface area (Å²) in [6, 6.07) is 5.26. The summed E-state index contributed by atoms with van der Waals surface area (Å²) < 4.78 is 10.5. The van der Waals surface area contributed by atoms with E-state index in [1.807, 2.05) is 6.07 Å². The van der Waals surface area contributed by atoms with E-state index in [1.54, 1.807) is 19.1 Å². The Hall–Kier alpha value is -1.71. The van der Waals surface area contributed by atoms with Gasteiger partial charge in [0.05, 0.1) is 13.2 Å². The van der Waals surface area contributed by atoms with Crippen LogP contribution in [0.5, 0.6) is 11.5 Å². The van der Waals surface area contributed by atoms with E-state index in [0.29, 0.717) is 31.8 Å². The van der Waals surface area contributed by atoms with Gasteiger partial charge in [0.1, 0.15) is 11.5 Å². The van der Waals surface area contributed by atoms with Crippen LogP contribution in [0.4, 0.5) is 0 Å². The van der Waals surface area contributed by atoms with Crippen LogP contribution in [0.1, 0.15) is 38.7 Å². The number of hydrogen-bond acceptors (Lipinski definition) is 4. The Labute approximate surface area is 114 Å². The third-order valence-corrected chi connectivity index (χ3v) is 2.70. The average molecular weight is 266 g/mol. The number of hydrogen-bond donors (Lipinski definition) is 1. The highest BCUT2D eigenvalue weighted by Crippen LogP contribution is 2.28. The second kappa shape index (κ2) is 8.40. The lowest BCUT2D eigenvalue weighted by Crippen LogP contribution is -2.07. The monoisotopic (exact) mass is 266 g/mol. The van der Waals surface area contributed by atoms with E-state index in [4.69, 9.17) is 9.47 Å². The molecule has 1 aromatic rings. The first-order valence-corrected chi connectivity index (χ1v) is 6.78. The Bertz CT molecular complexity index is 401. The highest BCUT2D eigenvalue weighted by atomic mass is 16.5. The molecule has 0 amide bonds. The molecule has 1 aromatic carbocycles. The van der Waals surface area contributed by atoms with Gasteiger partial charge in [0.2, 0.25) is 0 Å². The summed E-state index contributed by atoms with van der Waals surface area (Å²) in [5.41, 5.74) is 0.834. The molecule has 1 N–H and O–H groups in total. The number of rotatable bonds is 8. The van der Waals surface area contributed by atoms with E-state index in [0.717, 1.165) is 18.4 Å². The predicted octanol–water partition coefficient (Wildman–Crippen LogP) is 3.07. The zero-order valence-corrected chi connectivity index (χ0v) is 11.6. The molecule has 0 aliphatic heterocycles. The first-order chi connectivity index (χ1) is 9.19. The van der Waals surface area contributed by atoms with E-state index in [1.165, 1.54) is 0 Å². The van der Waals surface area contributed by atoms with Gasteiger partial charge >= 0.3 is 5.97 Å². The summed E-state index contributed by atoms with van der Waals surface area (Å²) in [6.07, 6.45) is 2.69. The lowest BCUT2D eigenvalue weighted by molar-refractivity contribution is -0.143. The summed E-state index contributed by atoms with van der Waals surface area (Å²) in [6.45, 7) is 4.70. The number of esters is 1. The zero-order chi connectivity index (χ0) is 14.1. The Kier molecular flexibility index (Phi) is 6.79. The molecule has 19 heavy (non-hydrogen) atoms. The molecule has 0 aromatic heterocycles. The second-order valence-corrected chi connectivity index (χ2v) is 4.26. The van der Waals surface area contributed by atoms with Crippen molar-refractivity contribution in [1.82, 2.24) is 0 Å². The van der Waals surface area contributed by atoms with Crippen LogP contribution in [0.3, 0.4) is 0 Å². The van der Waals surface area contributed by atoms with E-state index in [2.05, 4.69) is 6.92 Å². The summed E-state index contributed by atoms with van der Waals surface area (Å²) in [7, 11) is 0. The van der Waals surface area contributed by atoms with Crippen molar-refractivity contribution in [2.75, 3.05) is 13.2 Å². The molecule has 0 heterocycles. The van der Waals surface area contributed by atoms with Gasteiger partial charge in [-0.15, -0.1) is 0 Å². The van der Waals surface area contributed by atoms with Gasteiger partial charge in [0.25, 0.3) is 0 Å². The first-order valence-electron chi connectivity index (χ1n) is 6.78. The molecule has 0 spiro atoms. The molecule has 0 unspecified atom stereocenters. The third kappa shape index (κ3) is 5.20. The van der Waals surface area contributed by atoms with Crippen molar-refractivity contribution in [2.45, 2.75) is 39.5 Å². The lowest BCUT2D eigenvalue weighted by atomic mass is 10.1. The van der Waals surface area contributed by atoms with Crippen LogP contribution < -0.4 is 4.74 Å². The molecule has 4 nitrogen and oxygen atoms in total. The maximum atomic E-state index is 11.2. The molecule has 0 saturated heterocycles. The summed E-state index contributed by atoms with van der Waals surface area (Å²) in [5.74, 6) is 0.770. The predicted molar refractivity (Wildman–Crippen MR) is 73.5 cm³/mol. The van der Waals surface area contributed by atoms with Crippen LogP contribution in [0.25, 0.3) is 0 Å². The minimum Gasteiger partial charge on any atom is -0.508 e. The minimum absolute atomic E-state index is 0.198. The number of carbonyl (C=O) groups is 1. The second-order valence-electron chi connectivity index (χ2n) is 4.26. The fraction of sp³-hybridized carbons (Fsp3) is 0.533. The summed E-state index contributed by atoms with van der Waals surface area (Å²) in [4.78, 5) is 11.2. The van der Waals surface area contributed by atoms with Crippen molar-refractivity contribution in [1.29, 1.82) is 0 Å². The van der Waals surface area contributed by atoms with E-state index in [9.17, 15) is 9.90 Å². The van der Waals surface area contributed by atoms with Gasteiger partial charge in [-0.25, -0.2) is 0 Å². The maximum absolute atomic E-state index is 11.2. The molecule has 0 bridgehead atoms. The van der Waals surface area contributed by atoms with Gasteiger partial charge in [0, 0.05) is 12.0 Å². The van der Waals surface area contributed by atoms with Gasteiger partial charge in [-0.2, -0.15) is 0 Å². The van der Waals surface area contributed by atoms with Gasteiger partial charge in [0.15, 0.2) is 0 Å². The van der Waals surface area contributed by atoms with Crippen molar-refractivity contribution in [3.8, 4) is 11.5 Å². The first kappa shape index (κ1) is 15.3. The topological polar surface area (TPSA) is 55.8 Å². The summed E-state index contributed by atoms with van der Waals surface area (Å²) >= 11 is 0. The fourth-order valence-electron chi connectivity index (χ4n) is 1.82. The Morgan fingerprint density at radius 1 is 1.32 bits per heavy atom. The quantitative estimate of drug-likeness (QED) is 0.580. The number of carbonyl (C=O) groups excluding carboxylic acids is 1. The molecule has 0 radical (unpaired) electrons. The van der Waals surface area contributed by atoms with Crippen LogP contribution in [0, 0.1) is 0 Å². The largest absolute Gasteiger partial charge is 0.508 e. The highest BCUT2D eigenvalue weighted by Gasteiger charge is 2.08. The third-order valence-electron chi connectivity index (χ3n) is 2.70. The fourth-order valence-corrected chi connectivity index (χ4v) is 1.82. The smallest absolute Gasteiger partial charge is 0.305 e. The number of phenolic OH excluding ortho intramolecular Hbond substituents is 1. The van der Waals surface area contributed by atoms with Crippen molar-refractivity contribution < 1.29 is 19.4 Å². The number of phenols is 1. The number of aromatic hydroxyl groups is 1. The molecular weight excluding hydrogens is 244 g/mol. The van der Waals surface area contributed by atoms with Gasteiger partial charge in [-0.3, -0.25) is 4.79 Å². The number of ether oxygens (including phenoxy) is 2. The van der Waals surface area contributed by atoms with Crippen LogP contribution in [0.15, 0.2) is 18.2 Å². The molecule has 0 aliphatic rings. The minimum atomic E-state index is -0.198. The lowest BCUT2D eigenvalue weighted by Gasteiger charge is -2.12. The van der Waals surface area contributed by atoms with E-state index < -0.39 is 0 Å². The average Bonchev–Trinajstić information content (AvgIpc) is 2.38. The molecule has 0 atom stereocenters. The molecule has 0 saturated carbocycles. The summed E-state index contributed by atoms with van der Waals surface area (Å²) in [5, 5.41) is 9.78. The Balaban J connectivity index is 2.44. The molecule has 1 rings (SSSR count). The molecule has 106 valence electrons. The molecule has 4 heteroatoms. The van der Waals surface area contributed by atoms with Crippen molar-refractivity contribution in [3.05, 3.63) is 23.8 Å². The van der Waals surface area contributed by atoms with Crippen LogP contribution >= 0.6 is 0 Å². The molecule has 0 fully saturated rings. The molecule has 0 aliphatic carbocycles. The SMILES string of the molecule is CCCc1c(O)cccc1OCCCC(=O)OCC. The number of benzene rings is 1. The van der Waals surface area contributed by atoms with Crippen molar-refractivity contribution in [3.63, 3.8) is 0 Å².